The first-order valence-electron chi connectivity index (χ1n) is 7.55. The molecule has 1 heterocycles. The number of fused-ring (bicyclic) bond motifs is 1. The zero-order valence-corrected chi connectivity index (χ0v) is 12.6. The number of nitrogens with one attached hydrogen (secondary N) is 1. The molecule has 108 valence electrons. The lowest BCUT2D eigenvalue weighted by Gasteiger charge is -2.36. The zero-order valence-electron chi connectivity index (χ0n) is 12.6. The second-order valence-corrected chi connectivity index (χ2v) is 6.97. The normalized spacial score (nSPS) is 28.6. The summed E-state index contributed by atoms with van der Waals surface area (Å²) in [6.45, 7) is 5.50. The Kier molecular flexibility index (Phi) is 3.33. The van der Waals surface area contributed by atoms with E-state index in [1.54, 1.807) is 0 Å². The lowest BCUT2D eigenvalue weighted by Crippen LogP contribution is -2.49. The van der Waals surface area contributed by atoms with E-state index in [-0.39, 0.29) is 11.3 Å². The van der Waals surface area contributed by atoms with Crippen molar-refractivity contribution >= 4 is 5.91 Å². The number of carbonyl (C=O) groups excluding carboxylic acids is 1. The van der Waals surface area contributed by atoms with E-state index >= 15 is 0 Å². The molecule has 1 aliphatic carbocycles. The Bertz CT molecular complexity index is 523. The first-order valence-corrected chi connectivity index (χ1v) is 7.55. The molecule has 3 heteroatoms. The molecular formula is C17H24N2O. The van der Waals surface area contributed by atoms with Crippen molar-refractivity contribution in [3.8, 4) is 0 Å². The van der Waals surface area contributed by atoms with Gasteiger partial charge in [-0.25, -0.2) is 0 Å². The fourth-order valence-electron chi connectivity index (χ4n) is 3.69. The minimum absolute atomic E-state index is 0.240. The van der Waals surface area contributed by atoms with Gasteiger partial charge in [0.15, 0.2) is 0 Å². The average molecular weight is 272 g/mol. The average Bonchev–Trinajstić information content (AvgIpc) is 2.65. The maximum absolute atomic E-state index is 11.6. The number of carbonyl (C=O) groups is 1. The van der Waals surface area contributed by atoms with Crippen LogP contribution in [0.5, 0.6) is 0 Å². The van der Waals surface area contributed by atoms with Crippen LogP contribution < -0.4 is 5.32 Å². The van der Waals surface area contributed by atoms with Crippen LogP contribution in [-0.4, -0.2) is 30.4 Å². The van der Waals surface area contributed by atoms with E-state index in [1.807, 2.05) is 11.9 Å². The van der Waals surface area contributed by atoms with Crippen molar-refractivity contribution in [3.05, 3.63) is 35.4 Å². The van der Waals surface area contributed by atoms with Crippen molar-refractivity contribution in [1.29, 1.82) is 0 Å². The minimum atomic E-state index is 0.240. The van der Waals surface area contributed by atoms with Crippen LogP contribution >= 0.6 is 0 Å². The number of likely N-dealkylation sites (N-methyl/N-ethyl adjacent to an activating group) is 1. The quantitative estimate of drug-likeness (QED) is 0.897. The van der Waals surface area contributed by atoms with E-state index in [4.69, 9.17) is 0 Å². The summed E-state index contributed by atoms with van der Waals surface area (Å²) in [5.41, 5.74) is 3.15. The SMILES string of the molecule is CN1CC(NC2c3ccccc3CC2(C)C)CCC1=O. The Morgan fingerprint density at radius 3 is 2.80 bits per heavy atom. The molecule has 1 amide bonds. The topological polar surface area (TPSA) is 32.3 Å². The minimum Gasteiger partial charge on any atom is -0.344 e. The molecule has 1 aromatic carbocycles. The molecule has 3 rings (SSSR count). The van der Waals surface area contributed by atoms with Crippen molar-refractivity contribution in [2.24, 2.45) is 5.41 Å². The first-order chi connectivity index (χ1) is 9.47. The van der Waals surface area contributed by atoms with Gasteiger partial charge in [0.1, 0.15) is 0 Å². The van der Waals surface area contributed by atoms with Crippen LogP contribution in [0, 0.1) is 5.41 Å². The first kappa shape index (κ1) is 13.6. The maximum Gasteiger partial charge on any atom is 0.222 e. The van der Waals surface area contributed by atoms with Gasteiger partial charge >= 0.3 is 0 Å². The number of likely N-dealkylation sites (tertiary alicyclic amines) is 1. The number of hydrogen-bond acceptors (Lipinski definition) is 2. The molecule has 20 heavy (non-hydrogen) atoms. The molecule has 1 aliphatic heterocycles. The van der Waals surface area contributed by atoms with Crippen molar-refractivity contribution in [2.75, 3.05) is 13.6 Å². The predicted octanol–water partition coefficient (Wildman–Crippen LogP) is 2.52. The molecule has 3 nitrogen and oxygen atoms in total. The summed E-state index contributed by atoms with van der Waals surface area (Å²) < 4.78 is 0. The van der Waals surface area contributed by atoms with Gasteiger partial charge in [-0.15, -0.1) is 0 Å². The summed E-state index contributed by atoms with van der Waals surface area (Å²) in [5, 5.41) is 3.82. The molecule has 2 unspecified atom stereocenters. The lowest BCUT2D eigenvalue weighted by atomic mass is 9.84. The van der Waals surface area contributed by atoms with Crippen LogP contribution in [0.4, 0.5) is 0 Å². The predicted molar refractivity (Wildman–Crippen MR) is 80.5 cm³/mol. The number of piperidine rings is 1. The third-order valence-corrected chi connectivity index (χ3v) is 4.82. The van der Waals surface area contributed by atoms with Gasteiger partial charge in [0.25, 0.3) is 0 Å². The van der Waals surface area contributed by atoms with E-state index in [0.717, 1.165) is 19.4 Å². The largest absolute Gasteiger partial charge is 0.344 e. The Hall–Kier alpha value is -1.35. The van der Waals surface area contributed by atoms with Gasteiger partial charge in [-0.1, -0.05) is 38.1 Å². The molecule has 2 aliphatic rings. The van der Waals surface area contributed by atoms with E-state index in [1.165, 1.54) is 11.1 Å². The van der Waals surface area contributed by atoms with Crippen LogP contribution in [0.1, 0.15) is 43.9 Å². The molecule has 0 radical (unpaired) electrons. The Morgan fingerprint density at radius 2 is 2.05 bits per heavy atom. The summed E-state index contributed by atoms with van der Waals surface area (Å²) in [6, 6.07) is 9.56. The van der Waals surface area contributed by atoms with Crippen LogP contribution in [0.2, 0.25) is 0 Å². The molecule has 0 bridgehead atoms. The fraction of sp³-hybridized carbons (Fsp3) is 0.588. The summed E-state index contributed by atoms with van der Waals surface area (Å²) in [7, 11) is 1.91. The number of hydrogen-bond donors (Lipinski definition) is 1. The van der Waals surface area contributed by atoms with Crippen molar-refractivity contribution in [2.45, 2.75) is 45.2 Å². The molecule has 1 saturated heterocycles. The molecule has 1 N–H and O–H groups in total. The number of nitrogens with zero attached hydrogens (tertiary/aromatic N) is 1. The number of rotatable bonds is 2. The Morgan fingerprint density at radius 1 is 1.30 bits per heavy atom. The van der Waals surface area contributed by atoms with Gasteiger partial charge in [0.2, 0.25) is 5.91 Å². The maximum atomic E-state index is 11.6. The van der Waals surface area contributed by atoms with E-state index in [2.05, 4.69) is 43.4 Å². The van der Waals surface area contributed by atoms with Crippen molar-refractivity contribution in [3.63, 3.8) is 0 Å². The lowest BCUT2D eigenvalue weighted by molar-refractivity contribution is -0.132. The molecule has 1 fully saturated rings. The van der Waals surface area contributed by atoms with Crippen LogP contribution in [0.25, 0.3) is 0 Å². The monoisotopic (exact) mass is 272 g/mol. The number of benzene rings is 1. The highest BCUT2D eigenvalue weighted by molar-refractivity contribution is 5.76. The van der Waals surface area contributed by atoms with Crippen molar-refractivity contribution in [1.82, 2.24) is 10.2 Å². The summed E-state index contributed by atoms with van der Waals surface area (Å²) >= 11 is 0. The number of amides is 1. The molecule has 1 aromatic rings. The van der Waals surface area contributed by atoms with E-state index in [0.29, 0.717) is 18.5 Å². The Labute approximate surface area is 121 Å². The highest BCUT2D eigenvalue weighted by atomic mass is 16.2. The van der Waals surface area contributed by atoms with Crippen LogP contribution in [0.15, 0.2) is 24.3 Å². The highest BCUT2D eigenvalue weighted by Gasteiger charge is 2.40. The van der Waals surface area contributed by atoms with Gasteiger partial charge in [0, 0.05) is 32.1 Å². The summed E-state index contributed by atoms with van der Waals surface area (Å²) in [4.78, 5) is 13.5. The van der Waals surface area contributed by atoms with Crippen LogP contribution in [-0.2, 0) is 11.2 Å². The molecule has 2 atom stereocenters. The van der Waals surface area contributed by atoms with Crippen LogP contribution in [0.3, 0.4) is 0 Å². The van der Waals surface area contributed by atoms with Gasteiger partial charge < -0.3 is 10.2 Å². The Balaban J connectivity index is 1.78. The third kappa shape index (κ3) is 2.35. The molecule has 0 spiro atoms. The fourth-order valence-corrected chi connectivity index (χ4v) is 3.69. The summed E-state index contributed by atoms with van der Waals surface area (Å²) in [6.07, 6.45) is 2.75. The van der Waals surface area contributed by atoms with Gasteiger partial charge in [-0.05, 0) is 29.4 Å². The van der Waals surface area contributed by atoms with E-state index in [9.17, 15) is 4.79 Å². The van der Waals surface area contributed by atoms with Gasteiger partial charge in [-0.2, -0.15) is 0 Å². The molecule has 0 aromatic heterocycles. The smallest absolute Gasteiger partial charge is 0.222 e. The van der Waals surface area contributed by atoms with Gasteiger partial charge in [0.05, 0.1) is 0 Å². The summed E-state index contributed by atoms with van der Waals surface area (Å²) in [5.74, 6) is 0.272. The zero-order chi connectivity index (χ0) is 14.3. The molecule has 0 saturated carbocycles. The molecular weight excluding hydrogens is 248 g/mol. The second-order valence-electron chi connectivity index (χ2n) is 6.97. The van der Waals surface area contributed by atoms with Gasteiger partial charge in [-0.3, -0.25) is 4.79 Å². The second kappa shape index (κ2) is 4.88. The van der Waals surface area contributed by atoms with Crippen molar-refractivity contribution < 1.29 is 4.79 Å². The standard InChI is InChI=1S/C17H24N2O/c1-17(2)10-12-6-4-5-7-14(12)16(17)18-13-8-9-15(20)19(3)11-13/h4-7,13,16,18H,8-11H2,1-3H3. The highest BCUT2D eigenvalue weighted by Crippen LogP contribution is 2.45. The third-order valence-electron chi connectivity index (χ3n) is 4.82. The van der Waals surface area contributed by atoms with E-state index < -0.39 is 0 Å².